The number of carbonyl (C=O) groups is 1. The quantitative estimate of drug-likeness (QED) is 0.717. The van der Waals surface area contributed by atoms with Gasteiger partial charge in [-0.3, -0.25) is 9.78 Å². The minimum absolute atomic E-state index is 0.208. The molecule has 1 amide bonds. The molecule has 0 radical (unpaired) electrons. The van der Waals surface area contributed by atoms with Gasteiger partial charge in [0.25, 0.3) is 5.91 Å². The minimum Gasteiger partial charge on any atom is -0.346 e. The molecule has 124 valence electrons. The van der Waals surface area contributed by atoms with Crippen molar-refractivity contribution < 1.29 is 13.2 Å². The third kappa shape index (κ3) is 3.42. The van der Waals surface area contributed by atoms with Crippen molar-refractivity contribution in [1.82, 2.24) is 20.0 Å². The number of fused-ring (bicyclic) bond motifs is 1. The number of amides is 1. The van der Waals surface area contributed by atoms with Gasteiger partial charge in [0.15, 0.2) is 0 Å². The average Bonchev–Trinajstić information content (AvgIpc) is 3.09. The molecule has 0 unspecified atom stereocenters. The molecule has 9 heteroatoms. The highest BCUT2D eigenvalue weighted by atomic mass is 32.2. The summed E-state index contributed by atoms with van der Waals surface area (Å²) in [7, 11) is -2.10. The summed E-state index contributed by atoms with van der Waals surface area (Å²) in [5.74, 6) is -0.361. The Balaban J connectivity index is 1.71. The van der Waals surface area contributed by atoms with Crippen molar-refractivity contribution in [2.75, 3.05) is 7.05 Å². The van der Waals surface area contributed by atoms with E-state index in [0.29, 0.717) is 11.0 Å². The Kier molecular flexibility index (Phi) is 4.56. The van der Waals surface area contributed by atoms with Crippen LogP contribution in [0.25, 0.3) is 11.0 Å². The molecular weight excluding hydrogens is 348 g/mol. The number of hydrogen-bond donors (Lipinski definition) is 2. The third-order valence-electron chi connectivity index (χ3n) is 3.27. The first-order valence-corrected chi connectivity index (χ1v) is 9.32. The van der Waals surface area contributed by atoms with Gasteiger partial charge in [0.05, 0.1) is 23.8 Å². The summed E-state index contributed by atoms with van der Waals surface area (Å²) in [6.45, 7) is 0.219. The maximum Gasteiger partial charge on any atom is 0.271 e. The van der Waals surface area contributed by atoms with Crippen LogP contribution in [0.3, 0.4) is 0 Å². The second kappa shape index (κ2) is 6.63. The van der Waals surface area contributed by atoms with E-state index in [1.165, 1.54) is 19.3 Å². The molecule has 2 heterocycles. The Bertz CT molecular complexity index is 999. The van der Waals surface area contributed by atoms with Crippen LogP contribution in [0.4, 0.5) is 0 Å². The van der Waals surface area contributed by atoms with E-state index in [2.05, 4.69) is 20.0 Å². The molecule has 3 aromatic rings. The van der Waals surface area contributed by atoms with Gasteiger partial charge in [-0.2, -0.15) is 0 Å². The van der Waals surface area contributed by atoms with E-state index in [1.54, 1.807) is 12.1 Å². The van der Waals surface area contributed by atoms with Gasteiger partial charge >= 0.3 is 0 Å². The highest BCUT2D eigenvalue weighted by Gasteiger charge is 2.15. The summed E-state index contributed by atoms with van der Waals surface area (Å²) in [6, 6.07) is 10.5. The highest BCUT2D eigenvalue weighted by molar-refractivity contribution is 7.91. The zero-order valence-corrected chi connectivity index (χ0v) is 14.3. The van der Waals surface area contributed by atoms with E-state index in [1.807, 2.05) is 18.2 Å². The lowest BCUT2D eigenvalue weighted by atomic mass is 10.3. The molecule has 0 atom stereocenters. The molecule has 0 saturated carbocycles. The number of aromatic nitrogens is 2. The molecule has 0 aliphatic carbocycles. The lowest BCUT2D eigenvalue weighted by Crippen LogP contribution is -2.23. The van der Waals surface area contributed by atoms with E-state index >= 15 is 0 Å². The van der Waals surface area contributed by atoms with Crippen molar-refractivity contribution in [2.45, 2.75) is 10.8 Å². The zero-order valence-electron chi connectivity index (χ0n) is 12.7. The van der Waals surface area contributed by atoms with Crippen molar-refractivity contribution in [3.05, 3.63) is 53.2 Å². The normalized spacial score (nSPS) is 11.5. The molecule has 0 aliphatic heterocycles. The SMILES string of the molecule is CNS(=O)(=O)c1ccc(CNC(=O)c2cnc3ccccc3n2)s1. The fourth-order valence-corrected chi connectivity index (χ4v) is 4.16. The number of benzene rings is 1. The molecule has 0 spiro atoms. The number of rotatable bonds is 5. The summed E-state index contributed by atoms with van der Waals surface area (Å²) < 4.78 is 25.8. The van der Waals surface area contributed by atoms with Gasteiger partial charge in [-0.1, -0.05) is 12.1 Å². The van der Waals surface area contributed by atoms with Crippen LogP contribution in [-0.4, -0.2) is 31.3 Å². The average molecular weight is 362 g/mol. The van der Waals surface area contributed by atoms with Gasteiger partial charge in [-0.25, -0.2) is 18.1 Å². The molecule has 0 saturated heterocycles. The number of thiophene rings is 1. The second-order valence-corrected chi connectivity index (χ2v) is 8.14. The van der Waals surface area contributed by atoms with Gasteiger partial charge in [-0.05, 0) is 31.3 Å². The molecule has 0 aliphatic rings. The Hall–Kier alpha value is -2.36. The topological polar surface area (TPSA) is 101 Å². The number of nitrogens with one attached hydrogen (secondary N) is 2. The number of nitrogens with zero attached hydrogens (tertiary/aromatic N) is 2. The number of carbonyl (C=O) groups excluding carboxylic acids is 1. The second-order valence-electron chi connectivity index (χ2n) is 4.85. The zero-order chi connectivity index (χ0) is 17.2. The largest absolute Gasteiger partial charge is 0.346 e. The lowest BCUT2D eigenvalue weighted by Gasteiger charge is -2.04. The van der Waals surface area contributed by atoms with Crippen LogP contribution in [0.1, 0.15) is 15.4 Å². The number of para-hydroxylation sites is 2. The molecule has 3 rings (SSSR count). The molecule has 7 nitrogen and oxygen atoms in total. The van der Waals surface area contributed by atoms with Crippen molar-refractivity contribution in [1.29, 1.82) is 0 Å². The Morgan fingerprint density at radius 3 is 2.67 bits per heavy atom. The van der Waals surface area contributed by atoms with Gasteiger partial charge in [0.2, 0.25) is 10.0 Å². The van der Waals surface area contributed by atoms with Gasteiger partial charge < -0.3 is 5.32 Å². The van der Waals surface area contributed by atoms with Gasteiger partial charge in [0, 0.05) is 4.88 Å². The first-order chi connectivity index (χ1) is 11.5. The van der Waals surface area contributed by atoms with Crippen LogP contribution in [0.2, 0.25) is 0 Å². The molecule has 24 heavy (non-hydrogen) atoms. The van der Waals surface area contributed by atoms with Gasteiger partial charge in [-0.15, -0.1) is 11.3 Å². The van der Waals surface area contributed by atoms with E-state index in [9.17, 15) is 13.2 Å². The van der Waals surface area contributed by atoms with E-state index < -0.39 is 10.0 Å². The Morgan fingerprint density at radius 2 is 1.92 bits per heavy atom. The van der Waals surface area contributed by atoms with Crippen molar-refractivity contribution in [3.8, 4) is 0 Å². The molecule has 2 aromatic heterocycles. The van der Waals surface area contributed by atoms with E-state index in [4.69, 9.17) is 0 Å². The summed E-state index contributed by atoms with van der Waals surface area (Å²) in [5.41, 5.74) is 1.58. The monoisotopic (exact) mass is 362 g/mol. The number of hydrogen-bond acceptors (Lipinski definition) is 6. The molecular formula is C15H14N4O3S2. The smallest absolute Gasteiger partial charge is 0.271 e. The first-order valence-electron chi connectivity index (χ1n) is 7.02. The van der Waals surface area contributed by atoms with Crippen LogP contribution in [-0.2, 0) is 16.6 Å². The standard InChI is InChI=1S/C15H14N4O3S2/c1-16-24(21,22)14-7-6-10(23-14)8-18-15(20)13-9-17-11-4-2-3-5-12(11)19-13/h2-7,9,16H,8H2,1H3,(H,18,20). The van der Waals surface area contributed by atoms with E-state index in [0.717, 1.165) is 16.2 Å². The summed E-state index contributed by atoms with van der Waals surface area (Å²) >= 11 is 1.10. The third-order valence-corrected chi connectivity index (χ3v) is 6.27. The van der Waals surface area contributed by atoms with Crippen molar-refractivity contribution >= 4 is 38.3 Å². The fourth-order valence-electron chi connectivity index (χ4n) is 2.02. The number of sulfonamides is 1. The highest BCUT2D eigenvalue weighted by Crippen LogP contribution is 2.21. The lowest BCUT2D eigenvalue weighted by molar-refractivity contribution is 0.0946. The molecule has 0 fully saturated rings. The van der Waals surface area contributed by atoms with Crippen molar-refractivity contribution in [2.24, 2.45) is 0 Å². The van der Waals surface area contributed by atoms with Crippen LogP contribution in [0.5, 0.6) is 0 Å². The molecule has 2 N–H and O–H groups in total. The predicted molar refractivity (Wildman–Crippen MR) is 91.3 cm³/mol. The summed E-state index contributed by atoms with van der Waals surface area (Å²) in [6.07, 6.45) is 1.42. The summed E-state index contributed by atoms with van der Waals surface area (Å²) in [5, 5.41) is 2.72. The fraction of sp³-hybridized carbons (Fsp3) is 0.133. The van der Waals surface area contributed by atoms with Crippen LogP contribution in [0.15, 0.2) is 46.8 Å². The van der Waals surface area contributed by atoms with Crippen LogP contribution < -0.4 is 10.0 Å². The Morgan fingerprint density at radius 1 is 1.17 bits per heavy atom. The maximum absolute atomic E-state index is 12.2. The minimum atomic E-state index is -3.46. The first kappa shape index (κ1) is 16.5. The van der Waals surface area contributed by atoms with Gasteiger partial charge in [0.1, 0.15) is 9.90 Å². The van der Waals surface area contributed by atoms with E-state index in [-0.39, 0.29) is 22.4 Å². The van der Waals surface area contributed by atoms with Crippen LogP contribution >= 0.6 is 11.3 Å². The summed E-state index contributed by atoms with van der Waals surface area (Å²) in [4.78, 5) is 21.4. The van der Waals surface area contributed by atoms with Crippen molar-refractivity contribution in [3.63, 3.8) is 0 Å². The molecule has 0 bridgehead atoms. The van der Waals surface area contributed by atoms with Crippen LogP contribution in [0, 0.1) is 0 Å². The maximum atomic E-state index is 12.2. The Labute approximate surface area is 142 Å². The predicted octanol–water partition coefficient (Wildman–Crippen LogP) is 1.53. The molecule has 1 aromatic carbocycles.